The Morgan fingerprint density at radius 1 is 1.59 bits per heavy atom. The lowest BCUT2D eigenvalue weighted by atomic mass is 10.1. The summed E-state index contributed by atoms with van der Waals surface area (Å²) in [6.07, 6.45) is 4.92. The summed E-state index contributed by atoms with van der Waals surface area (Å²) in [5, 5.41) is 0. The molecule has 0 aromatic carbocycles. The smallest absolute Gasteiger partial charge is 0.254 e. The van der Waals surface area contributed by atoms with E-state index < -0.39 is 0 Å². The van der Waals surface area contributed by atoms with Crippen LogP contribution in [0.2, 0.25) is 0 Å². The molecule has 1 saturated heterocycles. The molecule has 0 N–H and O–H groups in total. The van der Waals surface area contributed by atoms with E-state index in [0.29, 0.717) is 16.7 Å². The van der Waals surface area contributed by atoms with Gasteiger partial charge in [0.1, 0.15) is 4.60 Å². The van der Waals surface area contributed by atoms with Crippen LogP contribution in [-0.4, -0.2) is 27.9 Å². The number of amides is 1. The van der Waals surface area contributed by atoms with Gasteiger partial charge in [-0.15, -0.1) is 0 Å². The summed E-state index contributed by atoms with van der Waals surface area (Å²) in [6, 6.07) is 4.31. The summed E-state index contributed by atoms with van der Waals surface area (Å²) in [7, 11) is 0. The van der Waals surface area contributed by atoms with Crippen molar-refractivity contribution >= 4 is 21.8 Å². The average Bonchev–Trinajstić information content (AvgIpc) is 2.69. The largest absolute Gasteiger partial charge is 0.333 e. The number of pyridine rings is 1. The van der Waals surface area contributed by atoms with Crippen molar-refractivity contribution in [1.82, 2.24) is 9.88 Å². The van der Waals surface area contributed by atoms with Gasteiger partial charge in [0.05, 0.1) is 0 Å². The maximum absolute atomic E-state index is 12.5. The molecule has 1 fully saturated rings. The number of halogens is 1. The van der Waals surface area contributed by atoms with Gasteiger partial charge >= 0.3 is 0 Å². The van der Waals surface area contributed by atoms with Crippen LogP contribution in [0.15, 0.2) is 22.9 Å². The van der Waals surface area contributed by atoms with Gasteiger partial charge in [-0.25, -0.2) is 4.98 Å². The first-order valence-corrected chi connectivity index (χ1v) is 6.87. The zero-order valence-corrected chi connectivity index (χ0v) is 11.8. The summed E-state index contributed by atoms with van der Waals surface area (Å²) in [6.45, 7) is 4.27. The number of rotatable bonds is 2. The van der Waals surface area contributed by atoms with Crippen molar-refractivity contribution in [2.24, 2.45) is 0 Å². The highest BCUT2D eigenvalue weighted by Gasteiger charge is 2.33. The normalized spacial score (nSPS) is 24.1. The number of hydrogen-bond donors (Lipinski definition) is 0. The fourth-order valence-corrected chi connectivity index (χ4v) is 2.89. The van der Waals surface area contributed by atoms with Gasteiger partial charge in [-0.3, -0.25) is 4.79 Å². The lowest BCUT2D eigenvalue weighted by Crippen LogP contribution is -2.39. The molecule has 2 unspecified atom stereocenters. The van der Waals surface area contributed by atoms with Crippen molar-refractivity contribution in [1.29, 1.82) is 0 Å². The van der Waals surface area contributed by atoms with Crippen LogP contribution in [0.3, 0.4) is 0 Å². The second-order valence-electron chi connectivity index (χ2n) is 4.57. The Kier molecular flexibility index (Phi) is 3.82. The van der Waals surface area contributed by atoms with Gasteiger partial charge in [-0.1, -0.05) is 6.92 Å². The first-order valence-electron chi connectivity index (χ1n) is 6.07. The fourth-order valence-electron chi connectivity index (χ4n) is 2.52. The summed E-state index contributed by atoms with van der Waals surface area (Å²) >= 11 is 3.30. The summed E-state index contributed by atoms with van der Waals surface area (Å²) in [5.41, 5.74) is 0.721. The highest BCUT2D eigenvalue weighted by atomic mass is 79.9. The van der Waals surface area contributed by atoms with Crippen molar-refractivity contribution in [3.05, 3.63) is 28.5 Å². The Hall–Kier alpha value is -0.900. The Bertz CT molecular complexity index is 422. The minimum atomic E-state index is 0.130. The van der Waals surface area contributed by atoms with Gasteiger partial charge in [0, 0.05) is 23.8 Å². The molecule has 1 aromatic heterocycles. The van der Waals surface area contributed by atoms with E-state index in [-0.39, 0.29) is 5.91 Å². The molecular weight excluding hydrogens is 280 g/mol. The van der Waals surface area contributed by atoms with Crippen molar-refractivity contribution in [3.63, 3.8) is 0 Å². The van der Waals surface area contributed by atoms with Gasteiger partial charge in [0.2, 0.25) is 0 Å². The minimum absolute atomic E-state index is 0.130. The lowest BCUT2D eigenvalue weighted by molar-refractivity contribution is 0.0676. The van der Waals surface area contributed by atoms with Crippen LogP contribution < -0.4 is 0 Å². The Labute approximate surface area is 110 Å². The van der Waals surface area contributed by atoms with E-state index in [4.69, 9.17) is 0 Å². The summed E-state index contributed by atoms with van der Waals surface area (Å²) in [5.74, 6) is 0.130. The van der Waals surface area contributed by atoms with Gasteiger partial charge in [0.15, 0.2) is 0 Å². The second kappa shape index (κ2) is 5.17. The van der Waals surface area contributed by atoms with E-state index in [9.17, 15) is 4.79 Å². The number of hydrogen-bond acceptors (Lipinski definition) is 2. The van der Waals surface area contributed by atoms with Crippen molar-refractivity contribution < 1.29 is 4.79 Å². The molecule has 2 heterocycles. The zero-order chi connectivity index (χ0) is 12.4. The van der Waals surface area contributed by atoms with Gasteiger partial charge < -0.3 is 4.90 Å². The monoisotopic (exact) mass is 296 g/mol. The third-order valence-electron chi connectivity index (χ3n) is 3.47. The molecule has 2 atom stereocenters. The average molecular weight is 297 g/mol. The van der Waals surface area contributed by atoms with E-state index >= 15 is 0 Å². The van der Waals surface area contributed by atoms with E-state index in [1.165, 1.54) is 0 Å². The van der Waals surface area contributed by atoms with E-state index in [0.717, 1.165) is 24.8 Å². The quantitative estimate of drug-likeness (QED) is 0.785. The molecule has 0 aliphatic carbocycles. The van der Waals surface area contributed by atoms with Crippen LogP contribution in [0.5, 0.6) is 0 Å². The van der Waals surface area contributed by atoms with Crippen molar-refractivity contribution in [2.75, 3.05) is 0 Å². The molecule has 3 nitrogen and oxygen atoms in total. The Morgan fingerprint density at radius 2 is 2.35 bits per heavy atom. The molecule has 17 heavy (non-hydrogen) atoms. The molecule has 0 saturated carbocycles. The molecule has 0 spiro atoms. The van der Waals surface area contributed by atoms with Crippen LogP contribution in [0, 0.1) is 0 Å². The SMILES string of the molecule is CCC1CCC(C)N1C(=O)c1ccnc(Br)c1. The van der Waals surface area contributed by atoms with Gasteiger partial charge in [-0.2, -0.15) is 0 Å². The van der Waals surface area contributed by atoms with E-state index in [1.54, 1.807) is 18.3 Å². The van der Waals surface area contributed by atoms with Crippen LogP contribution in [0.4, 0.5) is 0 Å². The molecular formula is C13H17BrN2O. The van der Waals surface area contributed by atoms with Crippen LogP contribution in [-0.2, 0) is 0 Å². The molecule has 0 bridgehead atoms. The molecule has 92 valence electrons. The number of likely N-dealkylation sites (tertiary alicyclic amines) is 1. The summed E-state index contributed by atoms with van der Waals surface area (Å²) in [4.78, 5) is 18.5. The Morgan fingerprint density at radius 3 is 3.00 bits per heavy atom. The lowest BCUT2D eigenvalue weighted by Gasteiger charge is -2.28. The standard InChI is InChI=1S/C13H17BrN2O/c1-3-11-5-4-9(2)16(11)13(17)10-6-7-15-12(14)8-10/h6-9,11H,3-5H2,1-2H3. The molecule has 1 aromatic rings. The molecule has 1 aliphatic rings. The summed E-state index contributed by atoms with van der Waals surface area (Å²) < 4.78 is 0.711. The fraction of sp³-hybridized carbons (Fsp3) is 0.538. The maximum atomic E-state index is 12.5. The maximum Gasteiger partial charge on any atom is 0.254 e. The minimum Gasteiger partial charge on any atom is -0.333 e. The predicted molar refractivity (Wildman–Crippen MR) is 70.9 cm³/mol. The third-order valence-corrected chi connectivity index (χ3v) is 3.90. The highest BCUT2D eigenvalue weighted by molar-refractivity contribution is 9.10. The van der Waals surface area contributed by atoms with Crippen LogP contribution in [0.1, 0.15) is 43.5 Å². The second-order valence-corrected chi connectivity index (χ2v) is 5.38. The van der Waals surface area contributed by atoms with Crippen LogP contribution in [0.25, 0.3) is 0 Å². The molecule has 2 rings (SSSR count). The highest BCUT2D eigenvalue weighted by Crippen LogP contribution is 2.28. The van der Waals surface area contributed by atoms with E-state index in [1.807, 2.05) is 4.90 Å². The van der Waals surface area contributed by atoms with E-state index in [2.05, 4.69) is 34.8 Å². The topological polar surface area (TPSA) is 33.2 Å². The number of carbonyl (C=O) groups excluding carboxylic acids is 1. The number of aromatic nitrogens is 1. The van der Waals surface area contributed by atoms with Crippen molar-refractivity contribution in [3.8, 4) is 0 Å². The molecule has 0 radical (unpaired) electrons. The zero-order valence-electron chi connectivity index (χ0n) is 10.2. The molecule has 4 heteroatoms. The first-order chi connectivity index (χ1) is 8.13. The first kappa shape index (κ1) is 12.6. The predicted octanol–water partition coefficient (Wildman–Crippen LogP) is 3.25. The molecule has 1 aliphatic heterocycles. The van der Waals surface area contributed by atoms with Gasteiger partial charge in [0.25, 0.3) is 5.91 Å². The van der Waals surface area contributed by atoms with Gasteiger partial charge in [-0.05, 0) is 54.2 Å². The molecule has 1 amide bonds. The Balaban J connectivity index is 2.24. The van der Waals surface area contributed by atoms with Crippen LogP contribution >= 0.6 is 15.9 Å². The van der Waals surface area contributed by atoms with Crippen molar-refractivity contribution in [2.45, 2.75) is 45.2 Å². The third kappa shape index (κ3) is 2.51. The number of carbonyl (C=O) groups is 1. The number of nitrogens with zero attached hydrogens (tertiary/aromatic N) is 2.